The molecule has 0 saturated carbocycles. The van der Waals surface area contributed by atoms with Crippen LogP contribution in [0.15, 0.2) is 22.7 Å². The Hall–Kier alpha value is -2.39. The lowest BCUT2D eigenvalue weighted by Gasteiger charge is -2.09. The maximum Gasteiger partial charge on any atom is 0.238 e. The van der Waals surface area contributed by atoms with Gasteiger partial charge in [0.25, 0.3) is 0 Å². The average Bonchev–Trinajstić information content (AvgIpc) is 3.18. The van der Waals surface area contributed by atoms with Gasteiger partial charge < -0.3 is 15.2 Å². The Bertz CT molecular complexity index is 996. The van der Waals surface area contributed by atoms with Crippen molar-refractivity contribution in [1.82, 2.24) is 10.1 Å². The first-order valence-corrected chi connectivity index (χ1v) is 10.2. The molecule has 2 aromatic heterocycles. The van der Waals surface area contributed by atoms with Crippen LogP contribution in [0.2, 0.25) is 0 Å². The Morgan fingerprint density at radius 3 is 2.70 bits per heavy atom. The van der Waals surface area contributed by atoms with Gasteiger partial charge in [0, 0.05) is 6.07 Å². The van der Waals surface area contributed by atoms with Gasteiger partial charge in [-0.25, -0.2) is 4.98 Å². The van der Waals surface area contributed by atoms with Gasteiger partial charge in [-0.1, -0.05) is 22.6 Å². The summed E-state index contributed by atoms with van der Waals surface area (Å²) >= 11 is 2.69. The predicted molar refractivity (Wildman–Crippen MR) is 110 cm³/mol. The highest BCUT2D eigenvalue weighted by Crippen LogP contribution is 2.29. The fraction of sp³-hybridized carbons (Fsp3) is 0.333. The summed E-state index contributed by atoms with van der Waals surface area (Å²) in [6, 6.07) is 5.77. The standard InChI is InChI=1S/C18H20N4O3S2/c1-9-5-10(2)16-13(6-9)27-18(21-16)20-15(23)8-26-12(4)17(24)19-14-7-11(3)25-22-14/h5-7,12H,8H2,1-4H3,(H,19,22,24)(H,20,21,23). The van der Waals surface area contributed by atoms with E-state index in [0.29, 0.717) is 16.7 Å². The Morgan fingerprint density at radius 1 is 1.22 bits per heavy atom. The number of aromatic nitrogens is 2. The molecule has 0 saturated heterocycles. The number of hydrogen-bond acceptors (Lipinski definition) is 7. The fourth-order valence-corrected chi connectivity index (χ4v) is 4.25. The monoisotopic (exact) mass is 404 g/mol. The lowest BCUT2D eigenvalue weighted by molar-refractivity contribution is -0.115. The third kappa shape index (κ3) is 4.86. The van der Waals surface area contributed by atoms with Crippen LogP contribution in [0.5, 0.6) is 0 Å². The van der Waals surface area contributed by atoms with Crippen LogP contribution in [0.3, 0.4) is 0 Å². The first kappa shape index (κ1) is 19.4. The number of carbonyl (C=O) groups excluding carboxylic acids is 2. The van der Waals surface area contributed by atoms with Crippen LogP contribution in [0, 0.1) is 20.8 Å². The van der Waals surface area contributed by atoms with Crippen molar-refractivity contribution in [3.05, 3.63) is 35.1 Å². The molecule has 0 aliphatic rings. The summed E-state index contributed by atoms with van der Waals surface area (Å²) in [6.45, 7) is 7.53. The number of rotatable bonds is 6. The zero-order valence-corrected chi connectivity index (χ0v) is 17.1. The second kappa shape index (κ2) is 8.10. The minimum atomic E-state index is -0.409. The highest BCUT2D eigenvalue weighted by Gasteiger charge is 2.17. The average molecular weight is 405 g/mol. The maximum atomic E-state index is 12.2. The minimum Gasteiger partial charge on any atom is -0.360 e. The summed E-state index contributed by atoms with van der Waals surface area (Å²) in [5, 5.41) is 9.35. The fourth-order valence-electron chi connectivity index (χ4n) is 2.51. The number of hydrogen-bond donors (Lipinski definition) is 2. The number of nitrogens with one attached hydrogen (secondary N) is 2. The molecular formula is C18H20N4O3S2. The summed E-state index contributed by atoms with van der Waals surface area (Å²) < 4.78 is 5.96. The molecule has 3 rings (SSSR count). The number of thiazole rings is 1. The van der Waals surface area contributed by atoms with E-state index in [0.717, 1.165) is 15.8 Å². The van der Waals surface area contributed by atoms with Crippen molar-refractivity contribution in [2.24, 2.45) is 0 Å². The van der Waals surface area contributed by atoms with Crippen LogP contribution in [0.25, 0.3) is 10.2 Å². The van der Waals surface area contributed by atoms with Gasteiger partial charge in [-0.05, 0) is 44.9 Å². The van der Waals surface area contributed by atoms with Gasteiger partial charge in [0.1, 0.15) is 5.76 Å². The summed E-state index contributed by atoms with van der Waals surface area (Å²) in [4.78, 5) is 28.8. The highest BCUT2D eigenvalue weighted by atomic mass is 32.2. The van der Waals surface area contributed by atoms with E-state index in [4.69, 9.17) is 4.52 Å². The normalized spacial score (nSPS) is 12.1. The Morgan fingerprint density at radius 2 is 2.00 bits per heavy atom. The Labute approximate surface area is 164 Å². The van der Waals surface area contributed by atoms with E-state index in [1.54, 1.807) is 19.9 Å². The number of nitrogens with zero attached hydrogens (tertiary/aromatic N) is 2. The quantitative estimate of drug-likeness (QED) is 0.646. The van der Waals surface area contributed by atoms with Crippen LogP contribution in [0.4, 0.5) is 10.9 Å². The third-order valence-corrected chi connectivity index (χ3v) is 5.85. The molecule has 0 aliphatic heterocycles. The number of fused-ring (bicyclic) bond motifs is 1. The summed E-state index contributed by atoms with van der Waals surface area (Å²) in [5.74, 6) is 0.721. The van der Waals surface area contributed by atoms with Crippen molar-refractivity contribution in [3.63, 3.8) is 0 Å². The van der Waals surface area contributed by atoms with Crippen LogP contribution >= 0.6 is 23.1 Å². The van der Waals surface area contributed by atoms with Gasteiger partial charge in [0.15, 0.2) is 10.9 Å². The van der Waals surface area contributed by atoms with Gasteiger partial charge in [-0.2, -0.15) is 0 Å². The maximum absolute atomic E-state index is 12.2. The lowest BCUT2D eigenvalue weighted by Crippen LogP contribution is -2.25. The largest absolute Gasteiger partial charge is 0.360 e. The topological polar surface area (TPSA) is 97.1 Å². The lowest BCUT2D eigenvalue weighted by atomic mass is 10.1. The van der Waals surface area contributed by atoms with E-state index in [9.17, 15) is 9.59 Å². The number of aryl methyl sites for hydroxylation is 3. The highest BCUT2D eigenvalue weighted by molar-refractivity contribution is 8.01. The van der Waals surface area contributed by atoms with E-state index in [2.05, 4.69) is 32.9 Å². The van der Waals surface area contributed by atoms with E-state index >= 15 is 0 Å². The molecule has 2 N–H and O–H groups in total. The molecule has 9 heteroatoms. The van der Waals surface area contributed by atoms with Crippen LogP contribution in [0.1, 0.15) is 23.8 Å². The minimum absolute atomic E-state index is 0.153. The number of thioether (sulfide) groups is 1. The zero-order chi connectivity index (χ0) is 19.6. The van der Waals surface area contributed by atoms with E-state index in [-0.39, 0.29) is 17.6 Å². The van der Waals surface area contributed by atoms with Gasteiger partial charge in [-0.15, -0.1) is 11.8 Å². The van der Waals surface area contributed by atoms with Gasteiger partial charge in [0.2, 0.25) is 11.8 Å². The Balaban J connectivity index is 1.53. The SMILES string of the molecule is Cc1cc(C)c2nc(NC(=O)CSC(C)C(=O)Nc3cc(C)on3)sc2c1. The number of anilines is 2. The second-order valence-corrected chi connectivity index (χ2v) is 8.62. The van der Waals surface area contributed by atoms with Crippen molar-refractivity contribution >= 4 is 56.1 Å². The van der Waals surface area contributed by atoms with Gasteiger partial charge in [0.05, 0.1) is 21.2 Å². The smallest absolute Gasteiger partial charge is 0.238 e. The number of benzene rings is 1. The molecule has 3 aromatic rings. The summed E-state index contributed by atoms with van der Waals surface area (Å²) in [5.41, 5.74) is 3.16. The van der Waals surface area contributed by atoms with Crippen molar-refractivity contribution in [3.8, 4) is 0 Å². The zero-order valence-electron chi connectivity index (χ0n) is 15.5. The van der Waals surface area contributed by atoms with E-state index in [1.807, 2.05) is 13.8 Å². The van der Waals surface area contributed by atoms with Crippen molar-refractivity contribution < 1.29 is 14.1 Å². The molecule has 27 heavy (non-hydrogen) atoms. The molecule has 0 fully saturated rings. The van der Waals surface area contributed by atoms with Crippen molar-refractivity contribution in [2.75, 3.05) is 16.4 Å². The molecule has 142 valence electrons. The van der Waals surface area contributed by atoms with Crippen LogP contribution in [-0.2, 0) is 9.59 Å². The molecule has 1 unspecified atom stereocenters. The van der Waals surface area contributed by atoms with E-state index in [1.165, 1.54) is 28.7 Å². The number of amides is 2. The van der Waals surface area contributed by atoms with Gasteiger partial charge >= 0.3 is 0 Å². The second-order valence-electron chi connectivity index (χ2n) is 6.26. The predicted octanol–water partition coefficient (Wildman–Crippen LogP) is 3.91. The molecule has 0 aliphatic carbocycles. The van der Waals surface area contributed by atoms with Gasteiger partial charge in [-0.3, -0.25) is 9.59 Å². The molecule has 0 spiro atoms. The van der Waals surface area contributed by atoms with Crippen LogP contribution in [-0.4, -0.2) is 33.0 Å². The molecule has 2 heterocycles. The van der Waals surface area contributed by atoms with Crippen LogP contribution < -0.4 is 10.6 Å². The molecule has 0 bridgehead atoms. The van der Waals surface area contributed by atoms with E-state index < -0.39 is 5.25 Å². The summed E-state index contributed by atoms with van der Waals surface area (Å²) in [6.07, 6.45) is 0. The first-order chi connectivity index (χ1) is 12.8. The van der Waals surface area contributed by atoms with Crippen molar-refractivity contribution in [1.29, 1.82) is 0 Å². The number of carbonyl (C=O) groups is 2. The summed E-state index contributed by atoms with van der Waals surface area (Å²) in [7, 11) is 0. The molecule has 7 nitrogen and oxygen atoms in total. The molecule has 2 amide bonds. The Kier molecular flexibility index (Phi) is 5.81. The molecule has 1 aromatic carbocycles. The molecule has 1 atom stereocenters. The van der Waals surface area contributed by atoms with Crippen molar-refractivity contribution in [2.45, 2.75) is 32.9 Å². The molecule has 0 radical (unpaired) electrons. The third-order valence-electron chi connectivity index (χ3n) is 3.79. The molecular weight excluding hydrogens is 384 g/mol. The first-order valence-electron chi connectivity index (χ1n) is 8.35.